The van der Waals surface area contributed by atoms with Crippen LogP contribution < -0.4 is 16.0 Å². The number of carbonyl (C=O) groups excluding carboxylic acids is 2. The first-order valence-corrected chi connectivity index (χ1v) is 11.9. The van der Waals surface area contributed by atoms with Crippen LogP contribution in [0.4, 0.5) is 10.6 Å². The molecule has 198 valence electrons. The van der Waals surface area contributed by atoms with E-state index in [-0.39, 0.29) is 32.2 Å². The van der Waals surface area contributed by atoms with Crippen molar-refractivity contribution in [1.29, 1.82) is 0 Å². The molecule has 3 amide bonds. The van der Waals surface area contributed by atoms with Gasteiger partial charge in [0.2, 0.25) is 11.8 Å². The smallest absolute Gasteiger partial charge is 0.407 e. The average Bonchev–Trinajstić information content (AvgIpc) is 3.32. The number of carboxylic acids is 1. The van der Waals surface area contributed by atoms with E-state index in [9.17, 15) is 29.4 Å². The lowest BCUT2D eigenvalue weighted by Gasteiger charge is -2.21. The fourth-order valence-electron chi connectivity index (χ4n) is 3.94. The zero-order valence-electron chi connectivity index (χ0n) is 20.2. The maximum absolute atomic E-state index is 12.2. The van der Waals surface area contributed by atoms with Crippen molar-refractivity contribution in [2.75, 3.05) is 31.6 Å². The summed E-state index contributed by atoms with van der Waals surface area (Å²) in [6.07, 6.45) is 1.01. The molecule has 0 radical (unpaired) electrons. The molecule has 2 aromatic rings. The second kappa shape index (κ2) is 13.8. The largest absolute Gasteiger partial charge is 0.480 e. The number of hydrogen-bond acceptors (Lipinski definition) is 7. The van der Waals surface area contributed by atoms with Gasteiger partial charge >= 0.3 is 12.1 Å². The molecule has 1 aliphatic rings. The summed E-state index contributed by atoms with van der Waals surface area (Å²) in [7, 11) is 0. The molecule has 1 fully saturated rings. The van der Waals surface area contributed by atoms with Crippen molar-refractivity contribution >= 4 is 29.7 Å². The number of rotatable bonds is 13. The zero-order valence-corrected chi connectivity index (χ0v) is 20.2. The number of anilines is 1. The van der Waals surface area contributed by atoms with Crippen LogP contribution in [0.15, 0.2) is 54.7 Å². The third kappa shape index (κ3) is 9.08. The number of nitrogens with zero attached hydrogens (tertiary/aromatic N) is 2. The molecule has 0 saturated carbocycles. The fraction of sp³-hybridized carbons (Fsp3) is 0.400. The molecule has 12 nitrogen and oxygen atoms in total. The summed E-state index contributed by atoms with van der Waals surface area (Å²) in [5.41, 5.74) is 0.957. The molecule has 0 aliphatic carbocycles. The summed E-state index contributed by atoms with van der Waals surface area (Å²) in [5, 5.41) is 26.9. The molecule has 1 saturated heterocycles. The Balaban J connectivity index is 1.39. The van der Waals surface area contributed by atoms with Crippen LogP contribution in [0.25, 0.3) is 0 Å². The lowest BCUT2D eigenvalue weighted by Crippen LogP contribution is -2.49. The van der Waals surface area contributed by atoms with E-state index < -0.39 is 36.0 Å². The third-order valence-electron chi connectivity index (χ3n) is 5.88. The highest BCUT2D eigenvalue weighted by molar-refractivity contribution is 5.85. The number of carbonyl (C=O) groups is 4. The van der Waals surface area contributed by atoms with Gasteiger partial charge in [0, 0.05) is 25.7 Å². The fourth-order valence-corrected chi connectivity index (χ4v) is 3.94. The lowest BCUT2D eigenvalue weighted by atomic mass is 10.1. The van der Waals surface area contributed by atoms with E-state index in [4.69, 9.17) is 4.74 Å². The van der Waals surface area contributed by atoms with Gasteiger partial charge in [0.05, 0.1) is 18.7 Å². The number of hydrogen-bond donors (Lipinski definition) is 5. The van der Waals surface area contributed by atoms with Gasteiger partial charge in [-0.2, -0.15) is 0 Å². The Kier molecular flexibility index (Phi) is 10.2. The van der Waals surface area contributed by atoms with Crippen LogP contribution in [0.2, 0.25) is 0 Å². The normalized spacial score (nSPS) is 17.6. The van der Waals surface area contributed by atoms with E-state index >= 15 is 0 Å². The number of benzene rings is 1. The van der Waals surface area contributed by atoms with Gasteiger partial charge in [-0.1, -0.05) is 36.4 Å². The molecule has 0 bridgehead atoms. The first-order chi connectivity index (χ1) is 17.8. The van der Waals surface area contributed by atoms with Gasteiger partial charge in [0.1, 0.15) is 18.5 Å². The molecular weight excluding hydrogens is 482 g/mol. The van der Waals surface area contributed by atoms with E-state index in [2.05, 4.69) is 20.9 Å². The molecule has 3 unspecified atom stereocenters. The first kappa shape index (κ1) is 27.4. The highest BCUT2D eigenvalue weighted by Gasteiger charge is 2.36. The van der Waals surface area contributed by atoms with Crippen LogP contribution in [-0.4, -0.2) is 88.4 Å². The number of amides is 3. The molecule has 12 heteroatoms. The summed E-state index contributed by atoms with van der Waals surface area (Å²) < 4.78 is 5.59. The van der Waals surface area contributed by atoms with Crippen molar-refractivity contribution < 1.29 is 34.1 Å². The number of aryl methyl sites for hydroxylation is 1. The number of carboxylic acid groups (broad SMARTS) is 2. The van der Waals surface area contributed by atoms with Crippen LogP contribution >= 0.6 is 0 Å². The number of likely N-dealkylation sites (tertiary alicyclic amines) is 1. The maximum atomic E-state index is 12.2. The van der Waals surface area contributed by atoms with Crippen molar-refractivity contribution in [2.45, 2.75) is 37.5 Å². The van der Waals surface area contributed by atoms with Gasteiger partial charge < -0.3 is 35.8 Å². The number of pyridine rings is 1. The van der Waals surface area contributed by atoms with E-state index in [1.165, 1.54) is 4.90 Å². The van der Waals surface area contributed by atoms with Gasteiger partial charge in [0.15, 0.2) is 0 Å². The molecule has 1 aliphatic heterocycles. The summed E-state index contributed by atoms with van der Waals surface area (Å²) in [6, 6.07) is 13.0. The zero-order chi connectivity index (χ0) is 26.6. The number of ether oxygens (including phenoxy) is 1. The molecule has 3 rings (SSSR count). The van der Waals surface area contributed by atoms with E-state index in [0.29, 0.717) is 25.2 Å². The highest BCUT2D eigenvalue weighted by Crippen LogP contribution is 2.21. The minimum absolute atomic E-state index is 0.104. The second-order valence-corrected chi connectivity index (χ2v) is 8.60. The minimum Gasteiger partial charge on any atom is -0.480 e. The topological polar surface area (TPSA) is 170 Å². The Bertz CT molecular complexity index is 1050. The first-order valence-electron chi connectivity index (χ1n) is 11.9. The summed E-state index contributed by atoms with van der Waals surface area (Å²) in [6.45, 7) is -0.240. The predicted molar refractivity (Wildman–Crippen MR) is 133 cm³/mol. The second-order valence-electron chi connectivity index (χ2n) is 8.60. The summed E-state index contributed by atoms with van der Waals surface area (Å²) >= 11 is 0. The van der Waals surface area contributed by atoms with Crippen LogP contribution in [0.1, 0.15) is 18.4 Å². The number of nitrogens with one attached hydrogen (secondary N) is 3. The number of aliphatic carboxylic acids is 1. The standard InChI is InChI=1S/C25H31N5O7/c31-22(10-9-17-6-2-1-3-7-17)29-20(24(33)34)14-28-23(32)16-37-19-12-18(30(15-19)25(35)36)13-27-21-8-4-5-11-26-21/h1-8,11,18-20H,9-10,12-16H2,(H,26,27)(H,28,32)(H,29,31)(H,33,34)(H,35,36). The minimum atomic E-state index is -1.29. The van der Waals surface area contributed by atoms with Crippen molar-refractivity contribution in [3.8, 4) is 0 Å². The third-order valence-corrected chi connectivity index (χ3v) is 5.88. The van der Waals surface area contributed by atoms with Crippen LogP contribution in [0.5, 0.6) is 0 Å². The monoisotopic (exact) mass is 513 g/mol. The molecule has 37 heavy (non-hydrogen) atoms. The van der Waals surface area contributed by atoms with Gasteiger partial charge in [-0.25, -0.2) is 14.6 Å². The van der Waals surface area contributed by atoms with Gasteiger partial charge in [0.25, 0.3) is 0 Å². The molecule has 3 atom stereocenters. The molecule has 1 aromatic heterocycles. The Morgan fingerprint density at radius 1 is 1.05 bits per heavy atom. The van der Waals surface area contributed by atoms with Crippen LogP contribution in [0.3, 0.4) is 0 Å². The molecule has 2 heterocycles. The Morgan fingerprint density at radius 2 is 1.81 bits per heavy atom. The van der Waals surface area contributed by atoms with Crippen molar-refractivity contribution in [2.24, 2.45) is 0 Å². The quantitative estimate of drug-likeness (QED) is 0.262. The molecule has 0 spiro atoms. The lowest BCUT2D eigenvalue weighted by molar-refractivity contribution is -0.142. The summed E-state index contributed by atoms with van der Waals surface area (Å²) in [4.78, 5) is 52.9. The maximum Gasteiger partial charge on any atom is 0.407 e. The Hall–Kier alpha value is -4.19. The predicted octanol–water partition coefficient (Wildman–Crippen LogP) is 0.949. The van der Waals surface area contributed by atoms with Crippen molar-refractivity contribution in [1.82, 2.24) is 20.5 Å². The van der Waals surface area contributed by atoms with E-state index in [0.717, 1.165) is 5.56 Å². The Morgan fingerprint density at radius 3 is 2.49 bits per heavy atom. The molecule has 1 aromatic carbocycles. The van der Waals surface area contributed by atoms with Crippen molar-refractivity contribution in [3.63, 3.8) is 0 Å². The SMILES string of the molecule is O=C(COC1CC(CNc2ccccn2)N(C(=O)O)C1)NCC(NC(=O)CCc1ccccc1)C(=O)O. The van der Waals surface area contributed by atoms with E-state index in [1.807, 2.05) is 36.4 Å². The van der Waals surface area contributed by atoms with Crippen LogP contribution in [0, 0.1) is 0 Å². The van der Waals surface area contributed by atoms with Gasteiger partial charge in [-0.15, -0.1) is 0 Å². The average molecular weight is 514 g/mol. The van der Waals surface area contributed by atoms with Crippen molar-refractivity contribution in [3.05, 3.63) is 60.3 Å². The number of aromatic nitrogens is 1. The van der Waals surface area contributed by atoms with Gasteiger partial charge in [-0.05, 0) is 30.5 Å². The van der Waals surface area contributed by atoms with E-state index in [1.54, 1.807) is 18.3 Å². The Labute approximate surface area is 214 Å². The molecule has 5 N–H and O–H groups in total. The van der Waals surface area contributed by atoms with Gasteiger partial charge in [-0.3, -0.25) is 9.59 Å². The summed E-state index contributed by atoms with van der Waals surface area (Å²) in [5.74, 6) is -1.66. The highest BCUT2D eigenvalue weighted by atomic mass is 16.5. The van der Waals surface area contributed by atoms with Crippen LogP contribution in [-0.2, 0) is 25.5 Å². The molecular formula is C25H31N5O7.